The summed E-state index contributed by atoms with van der Waals surface area (Å²) in [5.74, 6) is 1.85. The average molecular weight is 307 g/mol. The first-order chi connectivity index (χ1) is 10.4. The quantitative estimate of drug-likeness (QED) is 0.787. The van der Waals surface area contributed by atoms with Crippen molar-refractivity contribution in [3.63, 3.8) is 0 Å². The molecule has 5 nitrogen and oxygen atoms in total. The summed E-state index contributed by atoms with van der Waals surface area (Å²) in [6, 6.07) is 3.70. The van der Waals surface area contributed by atoms with Crippen LogP contribution in [0.25, 0.3) is 6.08 Å². The molecule has 1 amide bonds. The van der Waals surface area contributed by atoms with E-state index in [9.17, 15) is 4.79 Å². The fourth-order valence-corrected chi connectivity index (χ4v) is 1.86. The minimum Gasteiger partial charge on any atom is -0.493 e. The Morgan fingerprint density at radius 3 is 2.18 bits per heavy atom. The van der Waals surface area contributed by atoms with Crippen molar-refractivity contribution in [1.82, 2.24) is 5.32 Å². The van der Waals surface area contributed by atoms with Gasteiger partial charge in [-0.2, -0.15) is 0 Å². The van der Waals surface area contributed by atoms with Crippen LogP contribution in [-0.4, -0.2) is 33.3 Å². The standard InChI is InChI=1S/C17H25NO4/c1-11(2)12(3)18-15(19)10-8-13-7-9-14(20-4)17(22-6)16(13)21-5/h7-12H,1-6H3,(H,18,19)/b10-8+. The van der Waals surface area contributed by atoms with Crippen LogP contribution in [0.4, 0.5) is 0 Å². The zero-order valence-corrected chi connectivity index (χ0v) is 14.1. The molecular formula is C17H25NO4. The number of nitrogens with one attached hydrogen (secondary N) is 1. The lowest BCUT2D eigenvalue weighted by Crippen LogP contribution is -2.34. The van der Waals surface area contributed by atoms with E-state index in [0.717, 1.165) is 5.56 Å². The summed E-state index contributed by atoms with van der Waals surface area (Å²) in [6.07, 6.45) is 3.19. The maximum Gasteiger partial charge on any atom is 0.244 e. The highest BCUT2D eigenvalue weighted by Gasteiger charge is 2.14. The molecule has 1 unspecified atom stereocenters. The van der Waals surface area contributed by atoms with E-state index < -0.39 is 0 Å². The van der Waals surface area contributed by atoms with E-state index in [1.54, 1.807) is 33.5 Å². The molecule has 0 bridgehead atoms. The largest absolute Gasteiger partial charge is 0.493 e. The van der Waals surface area contributed by atoms with Gasteiger partial charge in [-0.1, -0.05) is 13.8 Å². The highest BCUT2D eigenvalue weighted by atomic mass is 16.5. The van der Waals surface area contributed by atoms with Gasteiger partial charge in [-0.05, 0) is 31.1 Å². The predicted octanol–water partition coefficient (Wildman–Crippen LogP) is 2.89. The Morgan fingerprint density at radius 2 is 1.68 bits per heavy atom. The summed E-state index contributed by atoms with van der Waals surface area (Å²) < 4.78 is 15.9. The molecule has 5 heteroatoms. The number of benzene rings is 1. The monoisotopic (exact) mass is 307 g/mol. The number of carbonyl (C=O) groups excluding carboxylic acids is 1. The Labute approximate surface area is 132 Å². The smallest absolute Gasteiger partial charge is 0.244 e. The van der Waals surface area contributed by atoms with Gasteiger partial charge in [0.1, 0.15) is 0 Å². The van der Waals surface area contributed by atoms with E-state index in [2.05, 4.69) is 19.2 Å². The molecule has 0 fully saturated rings. The van der Waals surface area contributed by atoms with Crippen molar-refractivity contribution < 1.29 is 19.0 Å². The van der Waals surface area contributed by atoms with E-state index in [-0.39, 0.29) is 11.9 Å². The van der Waals surface area contributed by atoms with Crippen LogP contribution in [0.2, 0.25) is 0 Å². The molecule has 0 aromatic heterocycles. The van der Waals surface area contributed by atoms with Crippen molar-refractivity contribution in [2.24, 2.45) is 5.92 Å². The van der Waals surface area contributed by atoms with Crippen molar-refractivity contribution in [2.75, 3.05) is 21.3 Å². The third-order valence-electron chi connectivity index (χ3n) is 3.52. The molecule has 1 N–H and O–H groups in total. The van der Waals surface area contributed by atoms with Gasteiger partial charge in [0, 0.05) is 17.7 Å². The number of hydrogen-bond acceptors (Lipinski definition) is 4. The molecular weight excluding hydrogens is 282 g/mol. The molecule has 122 valence electrons. The van der Waals surface area contributed by atoms with Crippen molar-refractivity contribution in [3.8, 4) is 17.2 Å². The summed E-state index contributed by atoms with van der Waals surface area (Å²) in [7, 11) is 4.66. The molecule has 1 rings (SSSR count). The number of methoxy groups -OCH3 is 3. The fraction of sp³-hybridized carbons (Fsp3) is 0.471. The Kier molecular flexibility index (Phi) is 6.76. The Hall–Kier alpha value is -2.17. The minimum absolute atomic E-state index is 0.115. The molecule has 1 atom stereocenters. The number of amides is 1. The molecule has 0 heterocycles. The van der Waals surface area contributed by atoms with Gasteiger partial charge in [0.2, 0.25) is 11.7 Å². The van der Waals surface area contributed by atoms with Crippen LogP contribution in [0.15, 0.2) is 18.2 Å². The minimum atomic E-state index is -0.141. The van der Waals surface area contributed by atoms with Crippen LogP contribution in [0.3, 0.4) is 0 Å². The Balaban J connectivity index is 2.98. The zero-order valence-electron chi connectivity index (χ0n) is 14.1. The molecule has 1 aromatic rings. The summed E-state index contributed by atoms with van der Waals surface area (Å²) >= 11 is 0. The molecule has 0 aliphatic carbocycles. The Bertz CT molecular complexity index is 538. The molecule has 0 saturated heterocycles. The molecule has 22 heavy (non-hydrogen) atoms. The molecule has 0 aliphatic rings. The second kappa shape index (κ2) is 8.32. The predicted molar refractivity (Wildman–Crippen MR) is 87.6 cm³/mol. The normalized spacial score (nSPS) is 12.3. The summed E-state index contributed by atoms with van der Waals surface area (Å²) in [5.41, 5.74) is 0.743. The van der Waals surface area contributed by atoms with E-state index in [0.29, 0.717) is 23.2 Å². The van der Waals surface area contributed by atoms with Crippen LogP contribution in [0.5, 0.6) is 17.2 Å². The molecule has 0 spiro atoms. The zero-order chi connectivity index (χ0) is 16.7. The van der Waals surface area contributed by atoms with Gasteiger partial charge < -0.3 is 19.5 Å². The molecule has 0 saturated carbocycles. The van der Waals surface area contributed by atoms with Gasteiger partial charge in [-0.3, -0.25) is 4.79 Å². The first-order valence-corrected chi connectivity index (χ1v) is 7.22. The van der Waals surface area contributed by atoms with Gasteiger partial charge in [0.05, 0.1) is 21.3 Å². The lowest BCUT2D eigenvalue weighted by molar-refractivity contribution is -0.117. The van der Waals surface area contributed by atoms with E-state index in [1.165, 1.54) is 6.08 Å². The number of ether oxygens (including phenoxy) is 3. The topological polar surface area (TPSA) is 56.8 Å². The van der Waals surface area contributed by atoms with Gasteiger partial charge >= 0.3 is 0 Å². The lowest BCUT2D eigenvalue weighted by atomic mass is 10.1. The highest BCUT2D eigenvalue weighted by Crippen LogP contribution is 2.40. The lowest BCUT2D eigenvalue weighted by Gasteiger charge is -2.16. The summed E-state index contributed by atoms with van der Waals surface area (Å²) in [5, 5.41) is 2.92. The van der Waals surface area contributed by atoms with E-state index in [4.69, 9.17) is 14.2 Å². The number of carbonyl (C=O) groups is 1. The average Bonchev–Trinajstić information content (AvgIpc) is 2.51. The van der Waals surface area contributed by atoms with Crippen LogP contribution in [0.1, 0.15) is 26.3 Å². The summed E-state index contributed by atoms with van der Waals surface area (Å²) in [6.45, 7) is 6.10. The summed E-state index contributed by atoms with van der Waals surface area (Å²) in [4.78, 5) is 11.9. The third-order valence-corrected chi connectivity index (χ3v) is 3.52. The van der Waals surface area contributed by atoms with Crippen LogP contribution in [0, 0.1) is 5.92 Å². The van der Waals surface area contributed by atoms with Crippen LogP contribution >= 0.6 is 0 Å². The molecule has 1 aromatic carbocycles. The third kappa shape index (κ3) is 4.41. The fourth-order valence-electron chi connectivity index (χ4n) is 1.86. The van der Waals surface area contributed by atoms with Crippen molar-refractivity contribution >= 4 is 12.0 Å². The first-order valence-electron chi connectivity index (χ1n) is 7.22. The van der Waals surface area contributed by atoms with Crippen molar-refractivity contribution in [3.05, 3.63) is 23.8 Å². The van der Waals surface area contributed by atoms with E-state index >= 15 is 0 Å². The highest BCUT2D eigenvalue weighted by molar-refractivity contribution is 5.92. The molecule has 0 aliphatic heterocycles. The number of hydrogen-bond donors (Lipinski definition) is 1. The van der Waals surface area contributed by atoms with Gasteiger partial charge in [0.25, 0.3) is 0 Å². The van der Waals surface area contributed by atoms with Crippen molar-refractivity contribution in [1.29, 1.82) is 0 Å². The van der Waals surface area contributed by atoms with Gasteiger partial charge in [0.15, 0.2) is 11.5 Å². The molecule has 0 radical (unpaired) electrons. The number of rotatable bonds is 7. The second-order valence-corrected chi connectivity index (χ2v) is 5.30. The van der Waals surface area contributed by atoms with Gasteiger partial charge in [-0.25, -0.2) is 0 Å². The van der Waals surface area contributed by atoms with Crippen LogP contribution in [-0.2, 0) is 4.79 Å². The van der Waals surface area contributed by atoms with Crippen LogP contribution < -0.4 is 19.5 Å². The van der Waals surface area contributed by atoms with Crippen molar-refractivity contribution in [2.45, 2.75) is 26.8 Å². The second-order valence-electron chi connectivity index (χ2n) is 5.30. The van der Waals surface area contributed by atoms with E-state index in [1.807, 2.05) is 13.0 Å². The maximum atomic E-state index is 11.9. The Morgan fingerprint density at radius 1 is 1.05 bits per heavy atom. The van der Waals surface area contributed by atoms with Gasteiger partial charge in [-0.15, -0.1) is 0 Å². The first kappa shape index (κ1) is 17.9. The maximum absolute atomic E-state index is 11.9. The SMILES string of the molecule is COc1ccc(/C=C/C(=O)NC(C)C(C)C)c(OC)c1OC.